The smallest absolute Gasteiger partial charge is 0.255 e. The van der Waals surface area contributed by atoms with Crippen LogP contribution in [0.1, 0.15) is 15.9 Å². The highest BCUT2D eigenvalue weighted by molar-refractivity contribution is 6.04. The molecule has 0 atom stereocenters. The van der Waals surface area contributed by atoms with Gasteiger partial charge in [0.1, 0.15) is 0 Å². The number of anilines is 1. The topological polar surface area (TPSA) is 32.3 Å². The predicted molar refractivity (Wildman–Crippen MR) is 78.2 cm³/mol. The van der Waals surface area contributed by atoms with Crippen molar-refractivity contribution in [1.29, 1.82) is 0 Å². The molecule has 0 saturated carbocycles. The third kappa shape index (κ3) is 3.93. The molecular formula is C16H18N2O. The maximum atomic E-state index is 12.0. The van der Waals surface area contributed by atoms with Crippen LogP contribution >= 0.6 is 0 Å². The lowest BCUT2D eigenvalue weighted by Gasteiger charge is -2.11. The highest BCUT2D eigenvalue weighted by Crippen LogP contribution is 2.13. The first-order valence-corrected chi connectivity index (χ1v) is 6.25. The van der Waals surface area contributed by atoms with Gasteiger partial charge in [-0.05, 0) is 43.9 Å². The summed E-state index contributed by atoms with van der Waals surface area (Å²) in [4.78, 5) is 14.1. The summed E-state index contributed by atoms with van der Waals surface area (Å²) in [6.45, 7) is 0.856. The number of benzene rings is 2. The van der Waals surface area contributed by atoms with E-state index in [1.807, 2.05) is 50.5 Å². The number of nitrogens with one attached hydrogen (secondary N) is 1. The Hall–Kier alpha value is -2.13. The molecule has 0 saturated heterocycles. The van der Waals surface area contributed by atoms with Crippen LogP contribution in [0.4, 0.5) is 5.69 Å². The van der Waals surface area contributed by atoms with Crippen LogP contribution in [0.5, 0.6) is 0 Å². The molecule has 2 rings (SSSR count). The summed E-state index contributed by atoms with van der Waals surface area (Å²) < 4.78 is 0. The Morgan fingerprint density at radius 1 is 1.05 bits per heavy atom. The van der Waals surface area contributed by atoms with E-state index in [0.29, 0.717) is 5.56 Å². The number of carbonyl (C=O) groups excluding carboxylic acids is 1. The van der Waals surface area contributed by atoms with Crippen molar-refractivity contribution in [2.24, 2.45) is 0 Å². The first-order chi connectivity index (χ1) is 9.15. The van der Waals surface area contributed by atoms with Crippen molar-refractivity contribution in [2.45, 2.75) is 6.54 Å². The SMILES string of the molecule is CN(C)Cc1cccc(NC(=O)c2ccccc2)c1. The summed E-state index contributed by atoms with van der Waals surface area (Å²) in [6.07, 6.45) is 0. The lowest BCUT2D eigenvalue weighted by molar-refractivity contribution is 0.102. The van der Waals surface area contributed by atoms with Crippen LogP contribution in [0.2, 0.25) is 0 Å². The Bertz CT molecular complexity index is 550. The lowest BCUT2D eigenvalue weighted by atomic mass is 10.1. The highest BCUT2D eigenvalue weighted by atomic mass is 16.1. The molecule has 0 spiro atoms. The van der Waals surface area contributed by atoms with Crippen molar-refractivity contribution < 1.29 is 4.79 Å². The molecule has 0 radical (unpaired) electrons. The standard InChI is InChI=1S/C16H18N2O/c1-18(2)12-13-7-6-10-15(11-13)17-16(19)14-8-4-3-5-9-14/h3-11H,12H2,1-2H3,(H,17,19). The van der Waals surface area contributed by atoms with Gasteiger partial charge in [0.05, 0.1) is 0 Å². The van der Waals surface area contributed by atoms with Crippen LogP contribution in [0, 0.1) is 0 Å². The van der Waals surface area contributed by atoms with Crippen molar-refractivity contribution in [1.82, 2.24) is 4.90 Å². The lowest BCUT2D eigenvalue weighted by Crippen LogP contribution is -2.13. The Morgan fingerprint density at radius 3 is 2.47 bits per heavy atom. The Kier molecular flexibility index (Phi) is 4.31. The average Bonchev–Trinajstić information content (AvgIpc) is 2.39. The second-order valence-corrected chi connectivity index (χ2v) is 4.76. The fraction of sp³-hybridized carbons (Fsp3) is 0.188. The molecule has 0 unspecified atom stereocenters. The number of hydrogen-bond acceptors (Lipinski definition) is 2. The van der Waals surface area contributed by atoms with E-state index in [1.165, 1.54) is 5.56 Å². The van der Waals surface area contributed by atoms with Gasteiger partial charge in [-0.3, -0.25) is 4.79 Å². The van der Waals surface area contributed by atoms with Gasteiger partial charge in [0.25, 0.3) is 5.91 Å². The van der Waals surface area contributed by atoms with Crippen molar-refractivity contribution in [3.05, 3.63) is 65.7 Å². The van der Waals surface area contributed by atoms with E-state index >= 15 is 0 Å². The van der Waals surface area contributed by atoms with Crippen LogP contribution < -0.4 is 5.32 Å². The molecule has 2 aromatic carbocycles. The van der Waals surface area contributed by atoms with Crippen LogP contribution in [0.3, 0.4) is 0 Å². The monoisotopic (exact) mass is 254 g/mol. The quantitative estimate of drug-likeness (QED) is 0.909. The zero-order valence-corrected chi connectivity index (χ0v) is 11.3. The fourth-order valence-electron chi connectivity index (χ4n) is 1.91. The molecular weight excluding hydrogens is 236 g/mol. The normalized spacial score (nSPS) is 10.5. The fourth-order valence-corrected chi connectivity index (χ4v) is 1.91. The highest BCUT2D eigenvalue weighted by Gasteiger charge is 2.05. The van der Waals surface area contributed by atoms with Gasteiger partial charge in [0.15, 0.2) is 0 Å². The minimum atomic E-state index is -0.0809. The van der Waals surface area contributed by atoms with Gasteiger partial charge in [0.2, 0.25) is 0 Å². The minimum Gasteiger partial charge on any atom is -0.322 e. The van der Waals surface area contributed by atoms with Crippen LogP contribution in [-0.2, 0) is 6.54 Å². The van der Waals surface area contributed by atoms with E-state index < -0.39 is 0 Å². The number of hydrogen-bond donors (Lipinski definition) is 1. The third-order valence-corrected chi connectivity index (χ3v) is 2.72. The number of carbonyl (C=O) groups is 1. The molecule has 0 aliphatic rings. The average molecular weight is 254 g/mol. The second-order valence-electron chi connectivity index (χ2n) is 4.76. The maximum Gasteiger partial charge on any atom is 0.255 e. The van der Waals surface area contributed by atoms with Gasteiger partial charge in [-0.25, -0.2) is 0 Å². The molecule has 0 heterocycles. The Balaban J connectivity index is 2.09. The molecule has 0 aromatic heterocycles. The van der Waals surface area contributed by atoms with Crippen LogP contribution in [-0.4, -0.2) is 24.9 Å². The Labute approximate surface area is 113 Å². The zero-order valence-electron chi connectivity index (χ0n) is 11.3. The summed E-state index contributed by atoms with van der Waals surface area (Å²) >= 11 is 0. The van der Waals surface area contributed by atoms with E-state index in [1.54, 1.807) is 12.1 Å². The number of rotatable bonds is 4. The largest absolute Gasteiger partial charge is 0.322 e. The van der Waals surface area contributed by atoms with Crippen molar-refractivity contribution in [2.75, 3.05) is 19.4 Å². The van der Waals surface area contributed by atoms with E-state index in [-0.39, 0.29) is 5.91 Å². The molecule has 3 heteroatoms. The van der Waals surface area contributed by atoms with Gasteiger partial charge in [-0.1, -0.05) is 30.3 Å². The number of amides is 1. The third-order valence-electron chi connectivity index (χ3n) is 2.72. The summed E-state index contributed by atoms with van der Waals surface area (Å²) in [7, 11) is 4.05. The minimum absolute atomic E-state index is 0.0809. The first-order valence-electron chi connectivity index (χ1n) is 6.25. The van der Waals surface area contributed by atoms with Gasteiger partial charge >= 0.3 is 0 Å². The van der Waals surface area contributed by atoms with Crippen LogP contribution in [0.15, 0.2) is 54.6 Å². The summed E-state index contributed by atoms with van der Waals surface area (Å²) in [5.74, 6) is -0.0809. The van der Waals surface area contributed by atoms with Crippen molar-refractivity contribution in [3.63, 3.8) is 0 Å². The summed E-state index contributed by atoms with van der Waals surface area (Å²) in [5.41, 5.74) is 2.67. The van der Waals surface area contributed by atoms with E-state index in [9.17, 15) is 4.79 Å². The van der Waals surface area contributed by atoms with Gasteiger partial charge in [-0.15, -0.1) is 0 Å². The molecule has 0 bridgehead atoms. The zero-order chi connectivity index (χ0) is 13.7. The van der Waals surface area contributed by atoms with Gasteiger partial charge in [-0.2, -0.15) is 0 Å². The summed E-state index contributed by atoms with van der Waals surface area (Å²) in [6, 6.07) is 17.1. The summed E-state index contributed by atoms with van der Waals surface area (Å²) in [5, 5.41) is 2.91. The van der Waals surface area contributed by atoms with E-state index in [4.69, 9.17) is 0 Å². The Morgan fingerprint density at radius 2 is 1.79 bits per heavy atom. The van der Waals surface area contributed by atoms with E-state index in [2.05, 4.69) is 16.3 Å². The molecule has 0 aliphatic carbocycles. The maximum absolute atomic E-state index is 12.0. The van der Waals surface area contributed by atoms with Gasteiger partial charge < -0.3 is 10.2 Å². The molecule has 0 aliphatic heterocycles. The molecule has 0 fully saturated rings. The van der Waals surface area contributed by atoms with Crippen LogP contribution in [0.25, 0.3) is 0 Å². The number of nitrogens with zero attached hydrogens (tertiary/aromatic N) is 1. The van der Waals surface area contributed by atoms with E-state index in [0.717, 1.165) is 12.2 Å². The molecule has 98 valence electrons. The van der Waals surface area contributed by atoms with Crippen molar-refractivity contribution >= 4 is 11.6 Å². The van der Waals surface area contributed by atoms with Crippen molar-refractivity contribution in [3.8, 4) is 0 Å². The predicted octanol–water partition coefficient (Wildman–Crippen LogP) is 3.00. The van der Waals surface area contributed by atoms with Gasteiger partial charge in [0, 0.05) is 17.8 Å². The molecule has 19 heavy (non-hydrogen) atoms. The molecule has 2 aromatic rings. The molecule has 1 N–H and O–H groups in total. The molecule has 3 nitrogen and oxygen atoms in total. The first kappa shape index (κ1) is 13.3. The second kappa shape index (κ2) is 6.16. The molecule has 1 amide bonds.